The normalized spacial score (nSPS) is 11.8. The number of hydrogen-bond acceptors (Lipinski definition) is 2. The van der Waals surface area contributed by atoms with Gasteiger partial charge in [-0.25, -0.2) is 8.42 Å². The van der Waals surface area contributed by atoms with E-state index in [0.29, 0.717) is 11.0 Å². The summed E-state index contributed by atoms with van der Waals surface area (Å²) < 4.78 is 27.9. The molecule has 0 saturated heterocycles. The Labute approximate surface area is 135 Å². The lowest BCUT2D eigenvalue weighted by Crippen LogP contribution is -2.26. The van der Waals surface area contributed by atoms with Gasteiger partial charge in [-0.1, -0.05) is 40.2 Å². The van der Waals surface area contributed by atoms with Gasteiger partial charge in [0.05, 0.1) is 4.90 Å². The molecule has 0 saturated carbocycles. The number of sulfonamides is 1. The topological polar surface area (TPSA) is 37.4 Å². The Bertz CT molecular complexity index is 699. The van der Waals surface area contributed by atoms with Crippen LogP contribution in [0.1, 0.15) is 5.56 Å². The highest BCUT2D eigenvalue weighted by atomic mass is 79.9. The fourth-order valence-electron chi connectivity index (χ4n) is 1.75. The van der Waals surface area contributed by atoms with Crippen LogP contribution in [0.15, 0.2) is 62.4 Å². The van der Waals surface area contributed by atoms with Crippen LogP contribution in [0.25, 0.3) is 0 Å². The van der Waals surface area contributed by atoms with Gasteiger partial charge in [-0.15, -0.1) is 0 Å². The summed E-state index contributed by atoms with van der Waals surface area (Å²) in [7, 11) is -1.92. The Balaban J connectivity index is 2.26. The summed E-state index contributed by atoms with van der Waals surface area (Å²) in [5.74, 6) is 0. The van der Waals surface area contributed by atoms with Gasteiger partial charge in [-0.05, 0) is 45.8 Å². The summed E-state index contributed by atoms with van der Waals surface area (Å²) in [5, 5.41) is 0. The van der Waals surface area contributed by atoms with Gasteiger partial charge < -0.3 is 0 Å². The third kappa shape index (κ3) is 3.49. The molecule has 2 rings (SSSR count). The summed E-state index contributed by atoms with van der Waals surface area (Å²) in [4.78, 5) is 0.277. The van der Waals surface area contributed by atoms with E-state index in [-0.39, 0.29) is 4.90 Å². The molecule has 20 heavy (non-hydrogen) atoms. The fraction of sp³-hybridized carbons (Fsp3) is 0.143. The van der Waals surface area contributed by atoms with Gasteiger partial charge in [0, 0.05) is 22.5 Å². The predicted octanol–water partition coefficient (Wildman–Crippen LogP) is 4.03. The average Bonchev–Trinajstić information content (AvgIpc) is 2.41. The molecule has 0 heterocycles. The van der Waals surface area contributed by atoms with E-state index in [2.05, 4.69) is 31.9 Å². The molecule has 6 heteroatoms. The van der Waals surface area contributed by atoms with Crippen molar-refractivity contribution in [3.8, 4) is 0 Å². The molecule has 0 amide bonds. The zero-order valence-corrected chi connectivity index (χ0v) is 14.7. The Hall–Kier alpha value is -0.690. The maximum Gasteiger partial charge on any atom is 0.244 e. The van der Waals surface area contributed by atoms with Gasteiger partial charge in [-0.3, -0.25) is 0 Å². The number of hydrogen-bond donors (Lipinski definition) is 0. The van der Waals surface area contributed by atoms with E-state index in [9.17, 15) is 8.42 Å². The highest BCUT2D eigenvalue weighted by Crippen LogP contribution is 2.25. The molecule has 0 aliphatic carbocycles. The first-order valence-corrected chi connectivity index (χ1v) is 8.89. The molecule has 2 aromatic carbocycles. The molecule has 0 fully saturated rings. The third-order valence-corrected chi connectivity index (χ3v) is 6.19. The molecular formula is C14H13Br2NO2S. The monoisotopic (exact) mass is 417 g/mol. The Morgan fingerprint density at radius 3 is 2.20 bits per heavy atom. The van der Waals surface area contributed by atoms with Gasteiger partial charge in [0.15, 0.2) is 0 Å². The Morgan fingerprint density at radius 1 is 1.00 bits per heavy atom. The molecule has 0 unspecified atom stereocenters. The maximum atomic E-state index is 12.5. The van der Waals surface area contributed by atoms with E-state index in [1.54, 1.807) is 31.3 Å². The van der Waals surface area contributed by atoms with Gasteiger partial charge in [0.25, 0.3) is 0 Å². The van der Waals surface area contributed by atoms with E-state index >= 15 is 0 Å². The molecule has 106 valence electrons. The number of nitrogens with zero attached hydrogens (tertiary/aromatic N) is 1. The predicted molar refractivity (Wildman–Crippen MR) is 86.9 cm³/mol. The molecule has 0 bridgehead atoms. The molecule has 0 aliphatic heterocycles. The molecule has 2 aromatic rings. The minimum Gasteiger partial charge on any atom is -0.207 e. The van der Waals surface area contributed by atoms with Crippen LogP contribution in [-0.2, 0) is 16.6 Å². The first kappa shape index (κ1) is 15.7. The summed E-state index contributed by atoms with van der Waals surface area (Å²) in [6.07, 6.45) is 0. The van der Waals surface area contributed by atoms with Crippen LogP contribution in [-0.4, -0.2) is 19.8 Å². The second-order valence-corrected chi connectivity index (χ2v) is 8.10. The molecule has 0 atom stereocenters. The minimum atomic E-state index is -3.50. The van der Waals surface area contributed by atoms with Gasteiger partial charge in [-0.2, -0.15) is 4.31 Å². The van der Waals surface area contributed by atoms with Crippen LogP contribution in [0.2, 0.25) is 0 Å². The molecule has 0 spiro atoms. The lowest BCUT2D eigenvalue weighted by Gasteiger charge is -2.18. The van der Waals surface area contributed by atoms with Crippen LogP contribution in [0, 0.1) is 0 Å². The van der Waals surface area contributed by atoms with Crippen molar-refractivity contribution in [1.82, 2.24) is 4.31 Å². The van der Waals surface area contributed by atoms with Crippen LogP contribution in [0.4, 0.5) is 0 Å². The van der Waals surface area contributed by atoms with Crippen molar-refractivity contribution >= 4 is 41.9 Å². The number of halogens is 2. The standard InChI is InChI=1S/C14H13Br2NO2S/c1-17(10-11-6-8-12(15)9-7-11)20(18,19)14-5-3-2-4-13(14)16/h2-9H,10H2,1H3. The van der Waals surface area contributed by atoms with Crippen molar-refractivity contribution in [3.63, 3.8) is 0 Å². The first-order valence-electron chi connectivity index (χ1n) is 5.86. The van der Waals surface area contributed by atoms with Crippen molar-refractivity contribution in [2.75, 3.05) is 7.05 Å². The van der Waals surface area contributed by atoms with E-state index in [4.69, 9.17) is 0 Å². The number of benzene rings is 2. The smallest absolute Gasteiger partial charge is 0.207 e. The highest BCUT2D eigenvalue weighted by Gasteiger charge is 2.22. The molecule has 0 radical (unpaired) electrons. The van der Waals surface area contributed by atoms with Crippen LogP contribution in [0.5, 0.6) is 0 Å². The lowest BCUT2D eigenvalue weighted by atomic mass is 10.2. The van der Waals surface area contributed by atoms with E-state index in [0.717, 1.165) is 10.0 Å². The Kier molecular flexibility index (Phi) is 5.01. The summed E-state index contributed by atoms with van der Waals surface area (Å²) >= 11 is 6.64. The molecule has 3 nitrogen and oxygen atoms in total. The van der Waals surface area contributed by atoms with E-state index in [1.807, 2.05) is 24.3 Å². The quantitative estimate of drug-likeness (QED) is 0.751. The van der Waals surface area contributed by atoms with Crippen molar-refractivity contribution in [3.05, 3.63) is 63.0 Å². The summed E-state index contributed by atoms with van der Waals surface area (Å²) in [6.45, 7) is 0.330. The lowest BCUT2D eigenvalue weighted by molar-refractivity contribution is 0.466. The SMILES string of the molecule is CN(Cc1ccc(Br)cc1)S(=O)(=O)c1ccccc1Br. The highest BCUT2D eigenvalue weighted by molar-refractivity contribution is 9.10. The fourth-order valence-corrected chi connectivity index (χ4v) is 4.14. The largest absolute Gasteiger partial charge is 0.244 e. The van der Waals surface area contributed by atoms with E-state index in [1.165, 1.54) is 4.31 Å². The van der Waals surface area contributed by atoms with Crippen LogP contribution >= 0.6 is 31.9 Å². The maximum absolute atomic E-state index is 12.5. The molecular weight excluding hydrogens is 406 g/mol. The van der Waals surface area contributed by atoms with Gasteiger partial charge in [0.2, 0.25) is 10.0 Å². The van der Waals surface area contributed by atoms with Gasteiger partial charge >= 0.3 is 0 Å². The summed E-state index contributed by atoms with van der Waals surface area (Å²) in [6, 6.07) is 14.4. The van der Waals surface area contributed by atoms with Gasteiger partial charge in [0.1, 0.15) is 0 Å². The summed E-state index contributed by atoms with van der Waals surface area (Å²) in [5.41, 5.74) is 0.936. The zero-order chi connectivity index (χ0) is 14.8. The molecule has 0 N–H and O–H groups in total. The van der Waals surface area contributed by atoms with Crippen molar-refractivity contribution < 1.29 is 8.42 Å². The second kappa shape index (κ2) is 6.39. The van der Waals surface area contributed by atoms with E-state index < -0.39 is 10.0 Å². The average molecular weight is 419 g/mol. The first-order chi connectivity index (χ1) is 9.41. The minimum absolute atomic E-state index is 0.277. The van der Waals surface area contributed by atoms with Crippen LogP contribution in [0.3, 0.4) is 0 Å². The third-order valence-electron chi connectivity index (χ3n) is 2.84. The Morgan fingerprint density at radius 2 is 1.60 bits per heavy atom. The second-order valence-electron chi connectivity index (χ2n) is 4.32. The van der Waals surface area contributed by atoms with Crippen LogP contribution < -0.4 is 0 Å². The molecule has 0 aliphatic rings. The van der Waals surface area contributed by atoms with Crippen molar-refractivity contribution in [2.45, 2.75) is 11.4 Å². The zero-order valence-electron chi connectivity index (χ0n) is 10.8. The molecule has 0 aromatic heterocycles. The van der Waals surface area contributed by atoms with Crippen molar-refractivity contribution in [1.29, 1.82) is 0 Å². The van der Waals surface area contributed by atoms with Crippen molar-refractivity contribution in [2.24, 2.45) is 0 Å². The number of rotatable bonds is 4.